The molecule has 0 aliphatic heterocycles. The molecule has 17 heavy (non-hydrogen) atoms. The first kappa shape index (κ1) is 12.0. The van der Waals surface area contributed by atoms with Gasteiger partial charge < -0.3 is 0 Å². The second-order valence-corrected chi connectivity index (χ2v) is 4.11. The Morgan fingerprint density at radius 3 is 3.00 bits per heavy atom. The van der Waals surface area contributed by atoms with Crippen molar-refractivity contribution in [2.45, 2.75) is 12.5 Å². The second-order valence-electron chi connectivity index (χ2n) is 3.70. The van der Waals surface area contributed by atoms with Crippen LogP contribution in [-0.4, -0.2) is 20.0 Å². The molecule has 2 aromatic heterocycles. The molecule has 0 aromatic carbocycles. The van der Waals surface area contributed by atoms with Crippen LogP contribution in [-0.2, 0) is 13.5 Å². The maximum absolute atomic E-state index is 6.07. The lowest BCUT2D eigenvalue weighted by molar-refractivity contribution is 0.545. The first-order chi connectivity index (χ1) is 8.20. The minimum absolute atomic E-state index is 0.109. The van der Waals surface area contributed by atoms with Crippen molar-refractivity contribution < 1.29 is 0 Å². The van der Waals surface area contributed by atoms with Crippen LogP contribution in [0.4, 0.5) is 0 Å². The van der Waals surface area contributed by atoms with E-state index in [1.54, 1.807) is 17.1 Å². The van der Waals surface area contributed by atoms with E-state index in [0.717, 1.165) is 11.3 Å². The molecule has 0 saturated carbocycles. The fourth-order valence-electron chi connectivity index (χ4n) is 1.63. The van der Waals surface area contributed by atoms with Crippen molar-refractivity contribution >= 4 is 11.6 Å². The summed E-state index contributed by atoms with van der Waals surface area (Å²) in [7, 11) is 1.82. The molecule has 0 saturated heterocycles. The van der Waals surface area contributed by atoms with Crippen LogP contribution < -0.4 is 11.3 Å². The number of nitrogens with two attached hydrogens (primary N) is 1. The highest BCUT2D eigenvalue weighted by molar-refractivity contribution is 6.31. The van der Waals surface area contributed by atoms with Crippen LogP contribution in [0.1, 0.15) is 17.3 Å². The van der Waals surface area contributed by atoms with Crippen LogP contribution in [0.5, 0.6) is 0 Å². The number of nitrogens with one attached hydrogen (secondary N) is 1. The van der Waals surface area contributed by atoms with Gasteiger partial charge in [0.15, 0.2) is 0 Å². The van der Waals surface area contributed by atoms with Gasteiger partial charge in [0.25, 0.3) is 0 Å². The Morgan fingerprint density at radius 1 is 1.59 bits per heavy atom. The fourth-order valence-corrected chi connectivity index (χ4v) is 1.88. The van der Waals surface area contributed by atoms with Gasteiger partial charge in [0, 0.05) is 32.1 Å². The Balaban J connectivity index is 2.20. The summed E-state index contributed by atoms with van der Waals surface area (Å²) in [4.78, 5) is 3.94. The lowest BCUT2D eigenvalue weighted by atomic mass is 10.0. The zero-order valence-electron chi connectivity index (χ0n) is 9.34. The average Bonchev–Trinajstić information content (AvgIpc) is 2.73. The minimum Gasteiger partial charge on any atom is -0.271 e. The molecular weight excluding hydrogens is 240 g/mol. The SMILES string of the molecule is Cn1cc(CC(NN)c2ccncc2Cl)nn1. The molecule has 0 amide bonds. The van der Waals surface area contributed by atoms with E-state index in [4.69, 9.17) is 17.4 Å². The number of nitrogens with zero attached hydrogens (tertiary/aromatic N) is 4. The summed E-state index contributed by atoms with van der Waals surface area (Å²) in [6.07, 6.45) is 5.74. The van der Waals surface area contributed by atoms with Crippen molar-refractivity contribution in [3.8, 4) is 0 Å². The Kier molecular flexibility index (Phi) is 3.68. The molecule has 90 valence electrons. The van der Waals surface area contributed by atoms with Gasteiger partial charge in [0.2, 0.25) is 0 Å². The van der Waals surface area contributed by atoms with Gasteiger partial charge in [0.05, 0.1) is 16.8 Å². The van der Waals surface area contributed by atoms with Gasteiger partial charge >= 0.3 is 0 Å². The summed E-state index contributed by atoms with van der Waals surface area (Å²) in [6.45, 7) is 0. The Morgan fingerprint density at radius 2 is 2.41 bits per heavy atom. The fraction of sp³-hybridized carbons (Fsp3) is 0.300. The monoisotopic (exact) mass is 252 g/mol. The smallest absolute Gasteiger partial charge is 0.0846 e. The molecule has 0 aliphatic rings. The van der Waals surface area contributed by atoms with Crippen molar-refractivity contribution in [3.63, 3.8) is 0 Å². The second kappa shape index (κ2) is 5.22. The van der Waals surface area contributed by atoms with E-state index >= 15 is 0 Å². The molecule has 2 rings (SSSR count). The number of aryl methyl sites for hydroxylation is 1. The predicted molar refractivity (Wildman–Crippen MR) is 64.0 cm³/mol. The first-order valence-corrected chi connectivity index (χ1v) is 5.49. The molecule has 7 heteroatoms. The van der Waals surface area contributed by atoms with Gasteiger partial charge in [-0.15, -0.1) is 5.10 Å². The molecule has 0 bridgehead atoms. The Bertz CT molecular complexity index is 497. The summed E-state index contributed by atoms with van der Waals surface area (Å²) < 4.78 is 1.65. The topological polar surface area (TPSA) is 81.7 Å². The molecule has 0 fully saturated rings. The van der Waals surface area contributed by atoms with E-state index in [1.165, 1.54) is 0 Å². The number of hydrogen-bond acceptors (Lipinski definition) is 5. The number of aromatic nitrogens is 4. The third-order valence-electron chi connectivity index (χ3n) is 2.44. The summed E-state index contributed by atoms with van der Waals surface area (Å²) >= 11 is 6.07. The summed E-state index contributed by atoms with van der Waals surface area (Å²) in [5, 5.41) is 8.47. The number of halogens is 1. The number of rotatable bonds is 4. The van der Waals surface area contributed by atoms with Gasteiger partial charge in [-0.25, -0.2) is 0 Å². The minimum atomic E-state index is -0.109. The van der Waals surface area contributed by atoms with Crippen LogP contribution in [0.3, 0.4) is 0 Å². The quantitative estimate of drug-likeness (QED) is 0.616. The number of hydrazine groups is 1. The van der Waals surface area contributed by atoms with E-state index in [-0.39, 0.29) is 6.04 Å². The van der Waals surface area contributed by atoms with Crippen molar-refractivity contribution in [2.24, 2.45) is 12.9 Å². The lowest BCUT2D eigenvalue weighted by Crippen LogP contribution is -2.30. The molecular formula is C10H13ClN6. The number of hydrogen-bond donors (Lipinski definition) is 2. The third-order valence-corrected chi connectivity index (χ3v) is 2.76. The molecule has 1 atom stereocenters. The molecule has 1 unspecified atom stereocenters. The Hall–Kier alpha value is -1.50. The van der Waals surface area contributed by atoms with E-state index in [1.807, 2.05) is 19.3 Å². The van der Waals surface area contributed by atoms with Crippen molar-refractivity contribution in [3.05, 3.63) is 40.9 Å². The van der Waals surface area contributed by atoms with E-state index in [9.17, 15) is 0 Å². The zero-order valence-corrected chi connectivity index (χ0v) is 10.1. The summed E-state index contributed by atoms with van der Waals surface area (Å²) in [5.41, 5.74) is 4.48. The molecule has 0 radical (unpaired) electrons. The van der Waals surface area contributed by atoms with E-state index in [2.05, 4.69) is 20.7 Å². The summed E-state index contributed by atoms with van der Waals surface area (Å²) in [5.74, 6) is 5.54. The number of pyridine rings is 1. The van der Waals surface area contributed by atoms with Crippen molar-refractivity contribution in [2.75, 3.05) is 0 Å². The Labute approximate surface area is 104 Å². The van der Waals surface area contributed by atoms with Crippen LogP contribution in [0.2, 0.25) is 5.02 Å². The largest absolute Gasteiger partial charge is 0.271 e. The van der Waals surface area contributed by atoms with Crippen LogP contribution in [0, 0.1) is 0 Å². The van der Waals surface area contributed by atoms with Crippen LogP contribution in [0.15, 0.2) is 24.7 Å². The molecule has 0 aliphatic carbocycles. The molecule has 2 heterocycles. The molecule has 2 aromatic rings. The van der Waals surface area contributed by atoms with Crippen LogP contribution in [0.25, 0.3) is 0 Å². The van der Waals surface area contributed by atoms with Crippen LogP contribution >= 0.6 is 11.6 Å². The molecule has 3 N–H and O–H groups in total. The van der Waals surface area contributed by atoms with E-state index in [0.29, 0.717) is 11.4 Å². The van der Waals surface area contributed by atoms with E-state index < -0.39 is 0 Å². The molecule has 6 nitrogen and oxygen atoms in total. The highest BCUT2D eigenvalue weighted by Gasteiger charge is 2.15. The predicted octanol–water partition coefficient (Wildman–Crippen LogP) is 0.611. The first-order valence-electron chi connectivity index (χ1n) is 5.11. The van der Waals surface area contributed by atoms with Crippen molar-refractivity contribution in [1.82, 2.24) is 25.4 Å². The standard InChI is InChI=1S/C10H13ClN6/c1-17-6-7(15-16-17)4-10(14-12)8-2-3-13-5-9(8)11/h2-3,5-6,10,14H,4,12H2,1H3. The van der Waals surface area contributed by atoms with Gasteiger partial charge in [0.1, 0.15) is 0 Å². The summed E-state index contributed by atoms with van der Waals surface area (Å²) in [6, 6.07) is 1.73. The molecule has 0 spiro atoms. The van der Waals surface area contributed by atoms with Crippen molar-refractivity contribution in [1.29, 1.82) is 0 Å². The highest BCUT2D eigenvalue weighted by Crippen LogP contribution is 2.23. The zero-order chi connectivity index (χ0) is 12.3. The van der Waals surface area contributed by atoms with Gasteiger partial charge in [-0.2, -0.15) is 0 Å². The normalized spacial score (nSPS) is 12.6. The maximum atomic E-state index is 6.07. The maximum Gasteiger partial charge on any atom is 0.0846 e. The van der Waals surface area contributed by atoms with Gasteiger partial charge in [-0.05, 0) is 11.6 Å². The third kappa shape index (κ3) is 2.79. The van der Waals surface area contributed by atoms with Gasteiger partial charge in [-0.1, -0.05) is 16.8 Å². The highest BCUT2D eigenvalue weighted by atomic mass is 35.5. The average molecular weight is 253 g/mol. The lowest BCUT2D eigenvalue weighted by Gasteiger charge is -2.15. The van der Waals surface area contributed by atoms with Gasteiger partial charge in [-0.3, -0.25) is 20.9 Å².